The Labute approximate surface area is 131 Å². The molecule has 8 heteroatoms. The van der Waals surface area contributed by atoms with Crippen LogP contribution in [0.5, 0.6) is 0 Å². The first-order chi connectivity index (χ1) is 9.71. The second kappa shape index (κ2) is 9.16. The minimum absolute atomic E-state index is 0.183. The predicted molar refractivity (Wildman–Crippen MR) is 78.5 cm³/mol. The molecule has 1 N–H and O–H groups in total. The van der Waals surface area contributed by atoms with Gasteiger partial charge in [-0.05, 0) is 27.9 Å². The molecule has 0 rings (SSSR count). The number of nitrogens with zero attached hydrogens (tertiary/aromatic N) is 2. The fraction of sp³-hybridized carbons (Fsp3) is 0.643. The fourth-order valence-electron chi connectivity index (χ4n) is 1.11. The van der Waals surface area contributed by atoms with Crippen LogP contribution in [0.2, 0.25) is 0 Å². The lowest BCUT2D eigenvalue weighted by atomic mass is 10.2. The summed E-state index contributed by atoms with van der Waals surface area (Å²) >= 11 is 0. The molecule has 2 unspecified atom stereocenters. The zero-order valence-electron chi connectivity index (χ0n) is 14.2. The van der Waals surface area contributed by atoms with Crippen LogP contribution in [0, 0.1) is 0 Å². The molecule has 0 aromatic heterocycles. The van der Waals surface area contributed by atoms with Gasteiger partial charge in [-0.25, -0.2) is 9.59 Å². The first-order valence-electron chi connectivity index (χ1n) is 6.49. The lowest BCUT2D eigenvalue weighted by molar-refractivity contribution is -0.880. The zero-order chi connectivity index (χ0) is 18.2. The summed E-state index contributed by atoms with van der Waals surface area (Å²) in [6.45, 7) is 6.91. The maximum absolute atomic E-state index is 10.9. The Bertz CT molecular complexity index is 412. The van der Waals surface area contributed by atoms with Crippen LogP contribution in [0.4, 0.5) is 0 Å². The maximum Gasteiger partial charge on any atom is 0.368 e. The first kappa shape index (κ1) is 22.4. The summed E-state index contributed by atoms with van der Waals surface area (Å²) in [6.07, 6.45) is -0.195. The molecular formula is C14H26N2O6. The van der Waals surface area contributed by atoms with Crippen molar-refractivity contribution in [2.24, 2.45) is 0 Å². The van der Waals surface area contributed by atoms with Crippen molar-refractivity contribution in [1.82, 2.24) is 4.90 Å². The van der Waals surface area contributed by atoms with E-state index in [0.29, 0.717) is 5.57 Å². The van der Waals surface area contributed by atoms with Crippen LogP contribution in [0.1, 0.15) is 13.8 Å². The predicted octanol–water partition coefficient (Wildman–Crippen LogP) is -1.09. The van der Waals surface area contributed by atoms with Crippen LogP contribution in [-0.4, -0.2) is 79.9 Å². The third kappa shape index (κ3) is 9.09. The number of hydrogen-bond donors (Lipinski definition) is 1. The van der Waals surface area contributed by atoms with Gasteiger partial charge in [0.1, 0.15) is 5.97 Å². The highest BCUT2D eigenvalue weighted by atomic mass is 16.6. The van der Waals surface area contributed by atoms with Crippen molar-refractivity contribution in [2.75, 3.05) is 35.2 Å². The number of quaternary nitrogens is 1. The molecule has 0 aliphatic rings. The second-order valence-electron chi connectivity index (χ2n) is 5.92. The van der Waals surface area contributed by atoms with Crippen molar-refractivity contribution >= 4 is 17.9 Å². The Hall–Kier alpha value is -1.93. The molecule has 0 amide bonds. The van der Waals surface area contributed by atoms with Gasteiger partial charge in [0.25, 0.3) is 0 Å². The number of ether oxygens (including phenoxy) is 1. The van der Waals surface area contributed by atoms with Crippen LogP contribution in [0.15, 0.2) is 12.2 Å². The van der Waals surface area contributed by atoms with E-state index in [1.165, 1.54) is 21.1 Å². The number of esters is 1. The first-order valence-corrected chi connectivity index (χ1v) is 6.49. The minimum atomic E-state index is -1.56. The van der Waals surface area contributed by atoms with Crippen molar-refractivity contribution in [1.29, 1.82) is 0 Å². The highest BCUT2D eigenvalue weighted by molar-refractivity contribution is 5.94. The Kier molecular flexibility index (Phi) is 9.31. The normalized spacial score (nSPS) is 13.5. The van der Waals surface area contributed by atoms with E-state index >= 15 is 0 Å². The van der Waals surface area contributed by atoms with Gasteiger partial charge in [-0.15, -0.1) is 0 Å². The van der Waals surface area contributed by atoms with Gasteiger partial charge in [0.05, 0.1) is 21.1 Å². The van der Waals surface area contributed by atoms with Gasteiger partial charge in [-0.2, -0.15) is 0 Å². The summed E-state index contributed by atoms with van der Waals surface area (Å²) in [7, 11) is 8.13. The molecule has 128 valence electrons. The number of carbonyl (C=O) groups is 3. The van der Waals surface area contributed by atoms with Gasteiger partial charge in [0, 0.05) is 5.57 Å². The average molecular weight is 318 g/mol. The molecule has 0 radical (unpaired) electrons. The topological polar surface area (TPSA) is 107 Å². The Balaban J connectivity index is 0. The summed E-state index contributed by atoms with van der Waals surface area (Å²) in [4.78, 5) is 33.3. The lowest BCUT2D eigenvalue weighted by Gasteiger charge is -2.31. The van der Waals surface area contributed by atoms with E-state index in [1.807, 2.05) is 14.1 Å². The maximum atomic E-state index is 10.9. The van der Waals surface area contributed by atoms with E-state index in [-0.39, 0.29) is 16.7 Å². The molecule has 0 heterocycles. The van der Waals surface area contributed by atoms with Gasteiger partial charge in [0.2, 0.25) is 6.04 Å². The molecule has 0 saturated carbocycles. The summed E-state index contributed by atoms with van der Waals surface area (Å²) in [5.41, 5.74) is 0.429. The molecule has 0 aliphatic carbocycles. The molecule has 0 saturated heterocycles. The number of likely N-dealkylation sites (N-methyl/N-ethyl adjacent to an activating group) is 1. The van der Waals surface area contributed by atoms with Crippen molar-refractivity contribution in [3.8, 4) is 0 Å². The van der Waals surface area contributed by atoms with Crippen molar-refractivity contribution < 1.29 is 33.8 Å². The molecule has 0 fully saturated rings. The van der Waals surface area contributed by atoms with E-state index < -0.39 is 18.0 Å². The van der Waals surface area contributed by atoms with E-state index in [0.717, 1.165) is 0 Å². The quantitative estimate of drug-likeness (QED) is 0.218. The van der Waals surface area contributed by atoms with Crippen molar-refractivity contribution in [2.45, 2.75) is 26.1 Å². The monoisotopic (exact) mass is 318 g/mol. The molecule has 0 aliphatic heterocycles. The Morgan fingerprint density at radius 3 is 1.77 bits per heavy atom. The van der Waals surface area contributed by atoms with Gasteiger partial charge < -0.3 is 24.2 Å². The number of carbonyl (C=O) groups excluding carboxylic acids is 2. The molecule has 0 spiro atoms. The molecule has 0 aromatic rings. The molecule has 8 nitrogen and oxygen atoms in total. The third-order valence-electron chi connectivity index (χ3n) is 2.59. The molecule has 0 bridgehead atoms. The SMILES string of the molecule is C=C(C)C(=O)OC(C)N(C)C.C[N+](C)(C)C(C(=O)[O-])C(=O)O. The minimum Gasteiger partial charge on any atom is -0.543 e. The number of aliphatic carboxylic acids is 2. The Morgan fingerprint density at radius 1 is 1.23 bits per heavy atom. The van der Waals surface area contributed by atoms with Gasteiger partial charge >= 0.3 is 11.9 Å². The molecular weight excluding hydrogens is 292 g/mol. The van der Waals surface area contributed by atoms with E-state index in [4.69, 9.17) is 9.84 Å². The molecule has 22 heavy (non-hydrogen) atoms. The lowest BCUT2D eigenvalue weighted by Crippen LogP contribution is -2.58. The number of rotatable bonds is 6. The van der Waals surface area contributed by atoms with E-state index in [1.54, 1.807) is 18.7 Å². The summed E-state index contributed by atoms with van der Waals surface area (Å²) < 4.78 is 4.78. The fourth-order valence-corrected chi connectivity index (χ4v) is 1.11. The van der Waals surface area contributed by atoms with Crippen LogP contribution >= 0.6 is 0 Å². The third-order valence-corrected chi connectivity index (χ3v) is 2.59. The largest absolute Gasteiger partial charge is 0.543 e. The zero-order valence-corrected chi connectivity index (χ0v) is 14.2. The van der Waals surface area contributed by atoms with Gasteiger partial charge in [-0.3, -0.25) is 4.90 Å². The molecule has 2 atom stereocenters. The van der Waals surface area contributed by atoms with Gasteiger partial charge in [-0.1, -0.05) is 6.58 Å². The van der Waals surface area contributed by atoms with E-state index in [2.05, 4.69) is 6.58 Å². The molecule has 0 aromatic carbocycles. The standard InChI is InChI=1S/C8H15NO2.C6H11NO4/c1-6(2)8(10)11-7(3)9(4)5;1-7(2,3)4(5(8)9)6(10)11/h7H,1H2,2-5H3;4H,1-3H3,(H-,8,9,10,11). The summed E-state index contributed by atoms with van der Waals surface area (Å²) in [5, 5.41) is 18.7. The Morgan fingerprint density at radius 2 is 1.64 bits per heavy atom. The highest BCUT2D eigenvalue weighted by Gasteiger charge is 2.32. The van der Waals surface area contributed by atoms with Crippen molar-refractivity contribution in [3.63, 3.8) is 0 Å². The highest BCUT2D eigenvalue weighted by Crippen LogP contribution is 2.01. The van der Waals surface area contributed by atoms with Crippen LogP contribution in [-0.2, 0) is 19.1 Å². The number of hydrogen-bond acceptors (Lipinski definition) is 6. The van der Waals surface area contributed by atoms with Crippen LogP contribution in [0.25, 0.3) is 0 Å². The second-order valence-corrected chi connectivity index (χ2v) is 5.92. The smallest absolute Gasteiger partial charge is 0.368 e. The summed E-state index contributed by atoms with van der Waals surface area (Å²) in [6, 6.07) is -1.50. The van der Waals surface area contributed by atoms with E-state index in [9.17, 15) is 19.5 Å². The van der Waals surface area contributed by atoms with Gasteiger partial charge in [0.15, 0.2) is 6.23 Å². The van der Waals surface area contributed by atoms with Crippen molar-refractivity contribution in [3.05, 3.63) is 12.2 Å². The average Bonchev–Trinajstić information content (AvgIpc) is 2.25. The van der Waals surface area contributed by atoms with Crippen LogP contribution in [0.3, 0.4) is 0 Å². The summed E-state index contributed by atoms with van der Waals surface area (Å²) in [5.74, 6) is -3.28. The number of carboxylic acids is 2. The van der Waals surface area contributed by atoms with Crippen LogP contribution < -0.4 is 5.11 Å². The number of carboxylic acid groups (broad SMARTS) is 2.